The molecule has 0 amide bonds. The van der Waals surface area contributed by atoms with Crippen LogP contribution in [0.15, 0.2) is 36.4 Å². The Bertz CT molecular complexity index is 919. The second-order valence-corrected chi connectivity index (χ2v) is 22.7. The first-order valence-corrected chi connectivity index (χ1v) is 19.0. The van der Waals surface area contributed by atoms with Crippen LogP contribution in [0.2, 0.25) is 0 Å². The summed E-state index contributed by atoms with van der Waals surface area (Å²) >= 11 is 0. The monoisotopic (exact) mass is 529 g/mol. The highest BCUT2D eigenvalue weighted by Crippen LogP contribution is 2.66. The summed E-state index contributed by atoms with van der Waals surface area (Å²) in [5.74, 6) is 1.07. The molecule has 0 N–H and O–H groups in total. The molecular weight excluding hydrogens is 472 g/mol. The van der Waals surface area contributed by atoms with E-state index in [2.05, 4.69) is 145 Å². The minimum absolute atomic E-state index is 0.535. The van der Waals surface area contributed by atoms with Crippen LogP contribution >= 0.6 is 14.5 Å². The van der Waals surface area contributed by atoms with E-state index in [0.29, 0.717) is 34.5 Å². The molecular formula is C33H57NP2+2. The van der Waals surface area contributed by atoms with E-state index in [1.165, 1.54) is 22.5 Å². The fourth-order valence-electron chi connectivity index (χ4n) is 5.57. The average Bonchev–Trinajstić information content (AvgIpc) is 2.80. The Morgan fingerprint density at radius 3 is 1.00 bits per heavy atom. The summed E-state index contributed by atoms with van der Waals surface area (Å²) in [6.07, 6.45) is 0. The maximum absolute atomic E-state index is 2.60. The molecule has 0 heterocycles. The van der Waals surface area contributed by atoms with Gasteiger partial charge in [0.1, 0.15) is 10.6 Å². The zero-order valence-electron chi connectivity index (χ0n) is 26.3. The Balaban J connectivity index is 2.93. The van der Waals surface area contributed by atoms with Gasteiger partial charge in [-0.2, -0.15) is 0 Å². The smallest absolute Gasteiger partial charge is 0.118 e. The second kappa shape index (κ2) is 11.9. The van der Waals surface area contributed by atoms with Crippen molar-refractivity contribution in [1.29, 1.82) is 0 Å². The summed E-state index contributed by atoms with van der Waals surface area (Å²) < 4.78 is 0. The van der Waals surface area contributed by atoms with E-state index < -0.39 is 14.5 Å². The van der Waals surface area contributed by atoms with Gasteiger partial charge in [-0.25, -0.2) is 0 Å². The third-order valence-corrected chi connectivity index (χ3v) is 20.8. The Morgan fingerprint density at radius 1 is 0.500 bits per heavy atom. The number of anilines is 2. The first kappa shape index (κ1) is 31.3. The topological polar surface area (TPSA) is 3.24 Å². The normalized spacial score (nSPS) is 13.2. The largest absolute Gasteiger partial charge is 0.338 e. The fraction of sp³-hybridized carbons (Fsp3) is 0.636. The number of benzene rings is 2. The third kappa shape index (κ3) is 5.74. The van der Waals surface area contributed by atoms with E-state index in [1.807, 2.05) is 0 Å². The van der Waals surface area contributed by atoms with E-state index in [4.69, 9.17) is 0 Å². The first-order valence-electron chi connectivity index (χ1n) is 14.3. The molecule has 2 rings (SSSR count). The molecule has 0 aliphatic rings. The second-order valence-electron chi connectivity index (χ2n) is 13.0. The number of hydrogen-bond acceptors (Lipinski definition) is 1. The SMILES string of the molecule is CC(C)c1ccc(N(C)c2ccc(C(C)C)cc2[P+](C)(C(C)C)C(C)C)c([P+](C)(C(C)C)C(C)C)c1. The molecule has 0 radical (unpaired) electrons. The number of rotatable bonds is 10. The van der Waals surface area contributed by atoms with E-state index in [1.54, 1.807) is 10.6 Å². The van der Waals surface area contributed by atoms with Crippen LogP contribution in [0.1, 0.15) is 106 Å². The van der Waals surface area contributed by atoms with Gasteiger partial charge in [-0.05, 0) is 103 Å². The summed E-state index contributed by atoms with van der Waals surface area (Å²) in [6, 6.07) is 14.8. The van der Waals surface area contributed by atoms with Crippen LogP contribution in [-0.4, -0.2) is 43.0 Å². The molecule has 202 valence electrons. The minimum atomic E-state index is -1.40. The van der Waals surface area contributed by atoms with Gasteiger partial charge in [-0.3, -0.25) is 0 Å². The van der Waals surface area contributed by atoms with Crippen molar-refractivity contribution >= 4 is 36.5 Å². The number of hydrogen-bond donors (Lipinski definition) is 0. The predicted molar refractivity (Wildman–Crippen MR) is 175 cm³/mol. The van der Waals surface area contributed by atoms with Gasteiger partial charge in [-0.1, -0.05) is 39.8 Å². The van der Waals surface area contributed by atoms with Crippen LogP contribution < -0.4 is 15.5 Å². The van der Waals surface area contributed by atoms with Crippen molar-refractivity contribution < 1.29 is 0 Å². The van der Waals surface area contributed by atoms with Crippen LogP contribution in [0, 0.1) is 0 Å². The lowest BCUT2D eigenvalue weighted by molar-refractivity contribution is 0.866. The number of nitrogens with zero attached hydrogens (tertiary/aromatic N) is 1. The molecule has 0 aromatic heterocycles. The molecule has 0 aliphatic carbocycles. The summed E-state index contributed by atoms with van der Waals surface area (Å²) in [7, 11) is -0.461. The van der Waals surface area contributed by atoms with Crippen molar-refractivity contribution in [3.05, 3.63) is 47.5 Å². The fourth-order valence-corrected chi connectivity index (χ4v) is 12.5. The first-order chi connectivity index (χ1) is 16.5. The van der Waals surface area contributed by atoms with Gasteiger partial charge < -0.3 is 4.90 Å². The molecule has 0 spiro atoms. The molecule has 1 nitrogen and oxygen atoms in total. The summed E-state index contributed by atoms with van der Waals surface area (Å²) in [4.78, 5) is 2.56. The standard InChI is InChI=1S/C33H57NP2/c1-22(2)28-16-18-30(32(20-28)35(14,24(5)6)25(7)8)34(13)31-19-17-29(23(3)4)21-33(31)36(15,26(9)10)27(11)12/h16-27H,1-15H3/q+2. The van der Waals surface area contributed by atoms with Gasteiger partial charge in [0.25, 0.3) is 0 Å². The van der Waals surface area contributed by atoms with Gasteiger partial charge in [0, 0.05) is 7.05 Å². The van der Waals surface area contributed by atoms with Crippen LogP contribution in [0.25, 0.3) is 0 Å². The lowest BCUT2D eigenvalue weighted by Crippen LogP contribution is -2.33. The van der Waals surface area contributed by atoms with Gasteiger partial charge in [-0.15, -0.1) is 0 Å². The maximum Gasteiger partial charge on any atom is 0.118 e. The minimum Gasteiger partial charge on any atom is -0.338 e. The quantitative estimate of drug-likeness (QED) is 0.277. The molecule has 0 saturated carbocycles. The van der Waals surface area contributed by atoms with Crippen molar-refractivity contribution in [2.45, 2.75) is 118 Å². The van der Waals surface area contributed by atoms with Crippen LogP contribution in [0.5, 0.6) is 0 Å². The van der Waals surface area contributed by atoms with Crippen LogP contribution in [-0.2, 0) is 0 Å². The highest BCUT2D eigenvalue weighted by atomic mass is 31.2. The molecule has 0 unspecified atom stereocenters. The Hall–Kier alpha value is -0.900. The molecule has 0 atom stereocenters. The maximum atomic E-state index is 2.60. The molecule has 3 heteroatoms. The molecule has 0 saturated heterocycles. The van der Waals surface area contributed by atoms with E-state index in [9.17, 15) is 0 Å². The Morgan fingerprint density at radius 2 is 0.778 bits per heavy atom. The zero-order chi connectivity index (χ0) is 27.7. The van der Waals surface area contributed by atoms with Gasteiger partial charge in [0.15, 0.2) is 0 Å². The van der Waals surface area contributed by atoms with Crippen molar-refractivity contribution in [1.82, 2.24) is 0 Å². The van der Waals surface area contributed by atoms with Crippen molar-refractivity contribution in [3.63, 3.8) is 0 Å². The predicted octanol–water partition coefficient (Wildman–Crippen LogP) is 9.88. The lowest BCUT2D eigenvalue weighted by atomic mass is 10.0. The van der Waals surface area contributed by atoms with Crippen LogP contribution in [0.4, 0.5) is 11.4 Å². The summed E-state index contributed by atoms with van der Waals surface area (Å²) in [6.45, 7) is 34.1. The van der Waals surface area contributed by atoms with Crippen molar-refractivity contribution in [2.24, 2.45) is 0 Å². The van der Waals surface area contributed by atoms with Crippen LogP contribution in [0.3, 0.4) is 0 Å². The van der Waals surface area contributed by atoms with E-state index in [-0.39, 0.29) is 0 Å². The summed E-state index contributed by atoms with van der Waals surface area (Å²) in [5.41, 5.74) is 8.36. The van der Waals surface area contributed by atoms with Gasteiger partial charge in [0.05, 0.1) is 61.9 Å². The van der Waals surface area contributed by atoms with E-state index >= 15 is 0 Å². The molecule has 2 aromatic carbocycles. The molecule has 0 bridgehead atoms. The van der Waals surface area contributed by atoms with Crippen molar-refractivity contribution in [2.75, 3.05) is 25.3 Å². The zero-order valence-corrected chi connectivity index (χ0v) is 28.1. The van der Waals surface area contributed by atoms with Gasteiger partial charge in [0.2, 0.25) is 0 Å². The molecule has 2 aromatic rings. The van der Waals surface area contributed by atoms with Crippen molar-refractivity contribution in [3.8, 4) is 0 Å². The molecule has 0 aliphatic heterocycles. The summed E-state index contributed by atoms with van der Waals surface area (Å²) in [5, 5.41) is 3.21. The third-order valence-electron chi connectivity index (χ3n) is 9.38. The highest BCUT2D eigenvalue weighted by molar-refractivity contribution is 7.84. The molecule has 36 heavy (non-hydrogen) atoms. The van der Waals surface area contributed by atoms with Gasteiger partial charge >= 0.3 is 0 Å². The highest BCUT2D eigenvalue weighted by Gasteiger charge is 2.47. The molecule has 0 fully saturated rings. The Kier molecular flexibility index (Phi) is 10.3. The lowest BCUT2D eigenvalue weighted by Gasteiger charge is -2.37. The Labute approximate surface area is 226 Å². The average molecular weight is 530 g/mol. The van der Waals surface area contributed by atoms with E-state index in [0.717, 1.165) is 0 Å².